The summed E-state index contributed by atoms with van der Waals surface area (Å²) in [6.45, 7) is 7.54. The van der Waals surface area contributed by atoms with Crippen molar-refractivity contribution in [3.05, 3.63) is 59.2 Å². The van der Waals surface area contributed by atoms with E-state index in [0.29, 0.717) is 13.0 Å². The van der Waals surface area contributed by atoms with Gasteiger partial charge in [0.15, 0.2) is 0 Å². The van der Waals surface area contributed by atoms with Crippen molar-refractivity contribution in [1.29, 1.82) is 0 Å². The van der Waals surface area contributed by atoms with Gasteiger partial charge in [-0.1, -0.05) is 0 Å². The number of ether oxygens (including phenoxy) is 1. The second-order valence-corrected chi connectivity index (χ2v) is 24.9. The number of piperidine rings is 1. The van der Waals surface area contributed by atoms with E-state index in [-0.39, 0.29) is 30.7 Å². The molecule has 2 aliphatic heterocycles. The third kappa shape index (κ3) is 6.58. The molecule has 1 fully saturated rings. The van der Waals surface area contributed by atoms with Crippen LogP contribution in [0.1, 0.15) is 93.6 Å². The third-order valence-corrected chi connectivity index (χ3v) is 24.5. The monoisotopic (exact) mass is 654 g/mol. The van der Waals surface area contributed by atoms with E-state index < -0.39 is 24.4 Å². The number of carbonyl (C=O) groups is 3. The van der Waals surface area contributed by atoms with Crippen LogP contribution in [0.3, 0.4) is 0 Å². The summed E-state index contributed by atoms with van der Waals surface area (Å²) >= 11 is -2.64. The summed E-state index contributed by atoms with van der Waals surface area (Å²) in [4.78, 5) is 43.1. The Bertz CT molecular complexity index is 1170. The number of carbonyl (C=O) groups excluding carboxylic acids is 3. The van der Waals surface area contributed by atoms with E-state index >= 15 is 0 Å². The van der Waals surface area contributed by atoms with Crippen LogP contribution in [0, 0.1) is 0 Å². The molecule has 7 heteroatoms. The Morgan fingerprint density at radius 1 is 0.875 bits per heavy atom. The molecule has 2 aromatic rings. The fourth-order valence-electron chi connectivity index (χ4n) is 6.47. The van der Waals surface area contributed by atoms with Crippen LogP contribution in [0.15, 0.2) is 42.5 Å². The molecule has 2 aromatic carbocycles. The molecule has 40 heavy (non-hydrogen) atoms. The van der Waals surface area contributed by atoms with Crippen LogP contribution >= 0.6 is 0 Å². The van der Waals surface area contributed by atoms with E-state index in [1.54, 1.807) is 15.6 Å². The normalized spacial score (nSPS) is 17.5. The quantitative estimate of drug-likeness (QED) is 0.174. The molecule has 0 radical (unpaired) electrons. The molecule has 1 saturated heterocycles. The molecule has 1 unspecified atom stereocenters. The van der Waals surface area contributed by atoms with E-state index in [1.807, 2.05) is 24.3 Å². The van der Waals surface area contributed by atoms with Crippen LogP contribution < -0.4 is 8.32 Å². The van der Waals surface area contributed by atoms with Crippen molar-refractivity contribution in [3.8, 4) is 5.75 Å². The van der Waals surface area contributed by atoms with E-state index in [2.05, 4.69) is 39.0 Å². The van der Waals surface area contributed by atoms with Crippen LogP contribution in [-0.4, -0.2) is 59.0 Å². The Kier molecular flexibility index (Phi) is 10.7. The molecule has 0 saturated carbocycles. The zero-order valence-corrected chi connectivity index (χ0v) is 27.7. The number of likely N-dealkylation sites (tertiary alicyclic amines) is 1. The van der Waals surface area contributed by atoms with Crippen LogP contribution in [0.4, 0.5) is 0 Å². The predicted octanol–water partition coefficient (Wildman–Crippen LogP) is 6.42. The minimum atomic E-state index is -2.64. The van der Waals surface area contributed by atoms with Gasteiger partial charge in [0.05, 0.1) is 7.11 Å². The molecule has 0 aliphatic carbocycles. The summed E-state index contributed by atoms with van der Waals surface area (Å²) in [5.74, 6) is 0.210. The molecule has 1 atom stereocenters. The number of nitrogens with zero attached hydrogens (tertiary/aromatic N) is 2. The first kappa shape index (κ1) is 30.6. The van der Waals surface area contributed by atoms with Crippen LogP contribution in [0.5, 0.6) is 5.75 Å². The van der Waals surface area contributed by atoms with Crippen LogP contribution in [0.2, 0.25) is 13.3 Å². The summed E-state index contributed by atoms with van der Waals surface area (Å²) in [5.41, 5.74) is 2.66. The number of hydrogen-bond donors (Lipinski definition) is 0. The third-order valence-electron chi connectivity index (χ3n) is 8.94. The van der Waals surface area contributed by atoms with Gasteiger partial charge in [-0.25, -0.2) is 0 Å². The first-order valence-corrected chi connectivity index (χ1v) is 22.8. The van der Waals surface area contributed by atoms with Crippen molar-refractivity contribution in [1.82, 2.24) is 9.80 Å². The average Bonchev–Trinajstić information content (AvgIpc) is 3.30. The fraction of sp³-hybridized carbons (Fsp3) is 0.545. The summed E-state index contributed by atoms with van der Waals surface area (Å²) in [7, 11) is 1.61. The van der Waals surface area contributed by atoms with E-state index in [9.17, 15) is 14.4 Å². The average molecular weight is 653 g/mol. The fourth-order valence-corrected chi connectivity index (χ4v) is 22.5. The molecule has 3 amide bonds. The van der Waals surface area contributed by atoms with Crippen LogP contribution in [0.25, 0.3) is 0 Å². The Morgan fingerprint density at radius 2 is 1.50 bits per heavy atom. The summed E-state index contributed by atoms with van der Waals surface area (Å²) in [6.07, 6.45) is 8.20. The van der Waals surface area contributed by atoms with E-state index in [0.717, 1.165) is 22.4 Å². The van der Waals surface area contributed by atoms with Gasteiger partial charge in [-0.15, -0.1) is 0 Å². The zero-order valence-electron chi connectivity index (χ0n) is 24.8. The number of fused-ring (bicyclic) bond motifs is 1. The maximum absolute atomic E-state index is 13.6. The second-order valence-electron chi connectivity index (χ2n) is 11.6. The minimum absolute atomic E-state index is 0.0740. The molecule has 4 rings (SSSR count). The number of methoxy groups -OCH3 is 1. The van der Waals surface area contributed by atoms with Crippen molar-refractivity contribution >= 4 is 39.7 Å². The molecule has 6 nitrogen and oxygen atoms in total. The zero-order chi connectivity index (χ0) is 28.7. The van der Waals surface area contributed by atoms with E-state index in [4.69, 9.17) is 4.74 Å². The SMILES string of the molecule is CCC[CH2][Sn]([CH2]CCC)([CH2]CCC)[c]1ccc2c(c1)CN(C1CCC(=O)N(Cc3ccc(OC)cc3)C1=O)C2=O. The first-order chi connectivity index (χ1) is 19.4. The number of amides is 3. The Morgan fingerprint density at radius 3 is 2.08 bits per heavy atom. The first-order valence-electron chi connectivity index (χ1n) is 15.3. The molecule has 216 valence electrons. The number of unbranched alkanes of at least 4 members (excludes halogenated alkanes) is 3. The van der Waals surface area contributed by atoms with Gasteiger partial charge in [-0.3, -0.25) is 0 Å². The predicted molar refractivity (Wildman–Crippen MR) is 162 cm³/mol. The van der Waals surface area contributed by atoms with Gasteiger partial charge in [0.1, 0.15) is 5.75 Å². The molecule has 0 spiro atoms. The van der Waals surface area contributed by atoms with Gasteiger partial charge in [0.25, 0.3) is 0 Å². The number of imide groups is 1. The number of hydrogen-bond acceptors (Lipinski definition) is 4. The van der Waals surface area contributed by atoms with Crippen molar-refractivity contribution in [2.24, 2.45) is 0 Å². The Balaban J connectivity index is 1.56. The van der Waals surface area contributed by atoms with Crippen molar-refractivity contribution in [2.45, 2.75) is 105 Å². The van der Waals surface area contributed by atoms with E-state index in [1.165, 1.54) is 56.7 Å². The second kappa shape index (κ2) is 14.0. The molecule has 0 bridgehead atoms. The van der Waals surface area contributed by atoms with Crippen molar-refractivity contribution in [2.75, 3.05) is 7.11 Å². The Labute approximate surface area is 244 Å². The van der Waals surface area contributed by atoms with Gasteiger partial charge >= 0.3 is 228 Å². The molecule has 0 N–H and O–H groups in total. The van der Waals surface area contributed by atoms with Crippen molar-refractivity contribution < 1.29 is 19.1 Å². The standard InChI is InChI=1S/C21H19N2O4.3C4H9.Sn/c1-27-16-8-6-14(7-9-16)12-23-19(24)11-10-18(21(23)26)22-13-15-4-2-3-5-17(15)20(22)25;3*1-3-4-2;/h3-9,18H,10-13H2,1H3;3*1,3-4H2,2H3;. The molecular weight excluding hydrogens is 607 g/mol. The molecule has 2 heterocycles. The molecule has 0 aromatic heterocycles. The Hall–Kier alpha value is -2.35. The van der Waals surface area contributed by atoms with Gasteiger partial charge in [0, 0.05) is 0 Å². The van der Waals surface area contributed by atoms with Crippen LogP contribution in [-0.2, 0) is 22.7 Å². The van der Waals surface area contributed by atoms with Gasteiger partial charge < -0.3 is 4.74 Å². The maximum atomic E-state index is 13.6. The topological polar surface area (TPSA) is 66.9 Å². The summed E-state index contributed by atoms with van der Waals surface area (Å²) in [6, 6.07) is 13.5. The van der Waals surface area contributed by atoms with Gasteiger partial charge in [-0.05, 0) is 0 Å². The summed E-state index contributed by atoms with van der Waals surface area (Å²) < 4.78 is 10.9. The number of benzene rings is 2. The number of rotatable bonds is 14. The molecular formula is C33H46N2O4Sn. The summed E-state index contributed by atoms with van der Waals surface area (Å²) in [5, 5.41) is 0. The van der Waals surface area contributed by atoms with Gasteiger partial charge in [0.2, 0.25) is 0 Å². The van der Waals surface area contributed by atoms with Gasteiger partial charge in [-0.2, -0.15) is 0 Å². The molecule has 2 aliphatic rings. The van der Waals surface area contributed by atoms with Crippen molar-refractivity contribution in [3.63, 3.8) is 0 Å².